The third-order valence-electron chi connectivity index (χ3n) is 2.93. The number of carboxylic acid groups (broad SMARTS) is 1. The molecule has 0 saturated carbocycles. The lowest BCUT2D eigenvalue weighted by Crippen LogP contribution is -2.49. The Bertz CT molecular complexity index is 457. The lowest BCUT2D eigenvalue weighted by atomic mass is 10.1. The van der Waals surface area contributed by atoms with Crippen LogP contribution in [0, 0.1) is 0 Å². The predicted molar refractivity (Wildman–Crippen MR) is 61.1 cm³/mol. The Labute approximate surface area is 104 Å². The molecule has 1 amide bonds. The molecule has 18 heavy (non-hydrogen) atoms. The molecular formula is C11H15N3O4. The summed E-state index contributed by atoms with van der Waals surface area (Å²) in [6, 6.07) is -0.418. The molecule has 98 valence electrons. The van der Waals surface area contributed by atoms with Crippen molar-refractivity contribution >= 4 is 11.9 Å². The molecule has 7 heteroatoms. The van der Waals surface area contributed by atoms with Crippen LogP contribution in [0.2, 0.25) is 0 Å². The van der Waals surface area contributed by atoms with Crippen molar-refractivity contribution in [3.05, 3.63) is 18.2 Å². The number of hydrogen-bond donors (Lipinski definition) is 1. The van der Waals surface area contributed by atoms with Crippen molar-refractivity contribution < 1.29 is 19.4 Å². The fraction of sp³-hybridized carbons (Fsp3) is 0.545. The number of aliphatic carboxylic acids is 1. The standard InChI is InChI=1S/C11H15N3O4/c1-13-7-12-5-9(13)11(17)14-2-3-18-6-8(14)4-10(15)16/h5,7-8H,2-4,6H2,1H3,(H,15,16). The molecule has 1 aromatic rings. The van der Waals surface area contributed by atoms with Gasteiger partial charge in [0, 0.05) is 13.6 Å². The number of morpholine rings is 1. The second-order valence-electron chi connectivity index (χ2n) is 4.21. The second-order valence-corrected chi connectivity index (χ2v) is 4.21. The number of carbonyl (C=O) groups excluding carboxylic acids is 1. The first-order valence-corrected chi connectivity index (χ1v) is 5.66. The van der Waals surface area contributed by atoms with Crippen LogP contribution in [-0.2, 0) is 16.6 Å². The Morgan fingerprint density at radius 3 is 3.00 bits per heavy atom. The summed E-state index contributed by atoms with van der Waals surface area (Å²) in [4.78, 5) is 28.5. The highest BCUT2D eigenvalue weighted by Crippen LogP contribution is 2.14. The van der Waals surface area contributed by atoms with E-state index in [4.69, 9.17) is 9.84 Å². The van der Waals surface area contributed by atoms with Crippen LogP contribution in [0.5, 0.6) is 0 Å². The maximum Gasteiger partial charge on any atom is 0.305 e. The van der Waals surface area contributed by atoms with Gasteiger partial charge in [0.2, 0.25) is 0 Å². The van der Waals surface area contributed by atoms with Crippen molar-refractivity contribution in [1.82, 2.24) is 14.5 Å². The summed E-state index contributed by atoms with van der Waals surface area (Å²) < 4.78 is 6.85. The van der Waals surface area contributed by atoms with Crippen molar-refractivity contribution in [2.24, 2.45) is 7.05 Å². The Hall–Kier alpha value is -1.89. The van der Waals surface area contributed by atoms with Gasteiger partial charge in [0.25, 0.3) is 5.91 Å². The van der Waals surface area contributed by atoms with Crippen molar-refractivity contribution in [1.29, 1.82) is 0 Å². The second kappa shape index (κ2) is 5.18. The average Bonchev–Trinajstić information content (AvgIpc) is 2.74. The molecular weight excluding hydrogens is 238 g/mol. The van der Waals surface area contributed by atoms with E-state index in [1.165, 1.54) is 6.20 Å². The molecule has 7 nitrogen and oxygen atoms in total. The van der Waals surface area contributed by atoms with E-state index in [1.54, 1.807) is 22.8 Å². The fourth-order valence-electron chi connectivity index (χ4n) is 2.00. The minimum atomic E-state index is -0.937. The Morgan fingerprint density at radius 2 is 2.39 bits per heavy atom. The SMILES string of the molecule is Cn1cncc1C(=O)N1CCOCC1CC(=O)O. The highest BCUT2D eigenvalue weighted by Gasteiger charge is 2.30. The first kappa shape index (κ1) is 12.6. The molecule has 2 heterocycles. The number of nitrogens with zero attached hydrogens (tertiary/aromatic N) is 3. The lowest BCUT2D eigenvalue weighted by molar-refractivity contribution is -0.139. The molecule has 1 aliphatic rings. The van der Waals surface area contributed by atoms with Crippen LogP contribution < -0.4 is 0 Å². The van der Waals surface area contributed by atoms with Crippen LogP contribution in [0.15, 0.2) is 12.5 Å². The van der Waals surface area contributed by atoms with Crippen LogP contribution in [0.25, 0.3) is 0 Å². The Morgan fingerprint density at radius 1 is 1.61 bits per heavy atom. The van der Waals surface area contributed by atoms with Gasteiger partial charge < -0.3 is 19.3 Å². The molecule has 1 atom stereocenters. The van der Waals surface area contributed by atoms with Gasteiger partial charge in [-0.15, -0.1) is 0 Å². The van der Waals surface area contributed by atoms with Gasteiger partial charge in [0.1, 0.15) is 5.69 Å². The van der Waals surface area contributed by atoms with Gasteiger partial charge >= 0.3 is 5.97 Å². The van der Waals surface area contributed by atoms with Crippen LogP contribution in [-0.4, -0.2) is 57.2 Å². The third-order valence-corrected chi connectivity index (χ3v) is 2.93. The Balaban J connectivity index is 2.16. The lowest BCUT2D eigenvalue weighted by Gasteiger charge is -2.34. The highest BCUT2D eigenvalue weighted by molar-refractivity contribution is 5.93. The van der Waals surface area contributed by atoms with Gasteiger partial charge in [-0.25, -0.2) is 4.98 Å². The summed E-state index contributed by atoms with van der Waals surface area (Å²) >= 11 is 0. The van der Waals surface area contributed by atoms with Gasteiger partial charge in [-0.1, -0.05) is 0 Å². The van der Waals surface area contributed by atoms with Crippen molar-refractivity contribution in [3.63, 3.8) is 0 Å². The number of imidazole rings is 1. The van der Waals surface area contributed by atoms with E-state index in [9.17, 15) is 9.59 Å². The zero-order valence-electron chi connectivity index (χ0n) is 10.1. The number of ether oxygens (including phenoxy) is 1. The summed E-state index contributed by atoms with van der Waals surface area (Å²) in [5.41, 5.74) is 0.451. The summed E-state index contributed by atoms with van der Waals surface area (Å²) in [5.74, 6) is -1.14. The normalized spacial score (nSPS) is 19.8. The zero-order chi connectivity index (χ0) is 13.1. The molecule has 2 rings (SSSR count). The quantitative estimate of drug-likeness (QED) is 0.802. The first-order valence-electron chi connectivity index (χ1n) is 5.66. The molecule has 0 spiro atoms. The van der Waals surface area contributed by atoms with Gasteiger partial charge in [0.15, 0.2) is 0 Å². The molecule has 1 saturated heterocycles. The summed E-state index contributed by atoms with van der Waals surface area (Å²) in [5, 5.41) is 8.84. The first-order chi connectivity index (χ1) is 8.59. The largest absolute Gasteiger partial charge is 0.481 e. The van der Waals surface area contributed by atoms with Gasteiger partial charge in [-0.2, -0.15) is 0 Å². The Kier molecular flexibility index (Phi) is 3.61. The number of aromatic nitrogens is 2. The third kappa shape index (κ3) is 2.51. The summed E-state index contributed by atoms with van der Waals surface area (Å²) in [6.07, 6.45) is 2.92. The van der Waals surface area contributed by atoms with Crippen LogP contribution >= 0.6 is 0 Å². The maximum atomic E-state index is 12.3. The van der Waals surface area contributed by atoms with E-state index in [0.29, 0.717) is 18.8 Å². The minimum Gasteiger partial charge on any atom is -0.481 e. The smallest absolute Gasteiger partial charge is 0.305 e. The van der Waals surface area contributed by atoms with E-state index < -0.39 is 12.0 Å². The van der Waals surface area contributed by atoms with Crippen molar-refractivity contribution in [3.8, 4) is 0 Å². The van der Waals surface area contributed by atoms with Crippen molar-refractivity contribution in [2.45, 2.75) is 12.5 Å². The minimum absolute atomic E-state index is 0.108. The van der Waals surface area contributed by atoms with Gasteiger partial charge in [-0.05, 0) is 0 Å². The van der Waals surface area contributed by atoms with Gasteiger partial charge in [0.05, 0.1) is 38.2 Å². The van der Waals surface area contributed by atoms with Gasteiger partial charge in [-0.3, -0.25) is 9.59 Å². The predicted octanol–water partition coefficient (Wildman–Crippen LogP) is -0.264. The van der Waals surface area contributed by atoms with Crippen LogP contribution in [0.1, 0.15) is 16.9 Å². The average molecular weight is 253 g/mol. The molecule has 0 aliphatic carbocycles. The molecule has 1 aliphatic heterocycles. The zero-order valence-corrected chi connectivity index (χ0v) is 10.1. The topological polar surface area (TPSA) is 84.7 Å². The molecule has 1 N–H and O–H groups in total. The van der Waals surface area contributed by atoms with Crippen LogP contribution in [0.4, 0.5) is 0 Å². The number of rotatable bonds is 3. The molecule has 0 bridgehead atoms. The number of hydrogen-bond acceptors (Lipinski definition) is 4. The summed E-state index contributed by atoms with van der Waals surface area (Å²) in [7, 11) is 1.73. The molecule has 1 unspecified atom stereocenters. The van der Waals surface area contributed by atoms with E-state index in [1.807, 2.05) is 0 Å². The highest BCUT2D eigenvalue weighted by atomic mass is 16.5. The molecule has 1 fully saturated rings. The van der Waals surface area contributed by atoms with E-state index in [2.05, 4.69) is 4.98 Å². The monoisotopic (exact) mass is 253 g/mol. The molecule has 1 aromatic heterocycles. The van der Waals surface area contributed by atoms with E-state index in [0.717, 1.165) is 0 Å². The number of carboxylic acids is 1. The molecule has 0 aromatic carbocycles. The van der Waals surface area contributed by atoms with E-state index >= 15 is 0 Å². The number of amides is 1. The van der Waals surface area contributed by atoms with E-state index in [-0.39, 0.29) is 18.9 Å². The fourth-order valence-corrected chi connectivity index (χ4v) is 2.00. The molecule has 0 radical (unpaired) electrons. The maximum absolute atomic E-state index is 12.3. The number of aryl methyl sites for hydroxylation is 1. The summed E-state index contributed by atoms with van der Waals surface area (Å²) in [6.45, 7) is 1.09. The van der Waals surface area contributed by atoms with Crippen molar-refractivity contribution in [2.75, 3.05) is 19.8 Å². The number of carbonyl (C=O) groups is 2. The van der Waals surface area contributed by atoms with Crippen LogP contribution in [0.3, 0.4) is 0 Å².